The molecule has 0 aromatic rings. The fourth-order valence-corrected chi connectivity index (χ4v) is 1.97. The van der Waals surface area contributed by atoms with Crippen molar-refractivity contribution in [3.05, 3.63) is 22.6 Å². The molecule has 0 spiro atoms. The average Bonchev–Trinajstić information content (AvgIpc) is 2.05. The van der Waals surface area contributed by atoms with Crippen molar-refractivity contribution in [3.63, 3.8) is 0 Å². The van der Waals surface area contributed by atoms with Gasteiger partial charge in [0.15, 0.2) is 0 Å². The van der Waals surface area contributed by atoms with Crippen LogP contribution < -0.4 is 0 Å². The lowest BCUT2D eigenvalue weighted by Crippen LogP contribution is -1.91. The molecule has 0 aromatic carbocycles. The quantitative estimate of drug-likeness (QED) is 0.587. The highest BCUT2D eigenvalue weighted by atomic mass is 32.2. The largest absolute Gasteiger partial charge is 0.126 e. The van der Waals surface area contributed by atoms with Crippen LogP contribution in [0.15, 0.2) is 22.6 Å². The molecule has 0 amide bonds. The number of rotatable bonds is 2. The minimum absolute atomic E-state index is 1.19. The normalized spacial score (nSPS) is 18.2. The highest BCUT2D eigenvalue weighted by Gasteiger charge is 2.02. The van der Waals surface area contributed by atoms with Gasteiger partial charge in [-0.2, -0.15) is 0 Å². The summed E-state index contributed by atoms with van der Waals surface area (Å²) in [5, 5.41) is 0. The Morgan fingerprint density at radius 1 is 1.30 bits per heavy atom. The zero-order valence-electron chi connectivity index (χ0n) is 6.68. The van der Waals surface area contributed by atoms with Crippen molar-refractivity contribution in [1.82, 2.24) is 0 Å². The molecule has 0 unspecified atom stereocenters. The van der Waals surface area contributed by atoms with E-state index in [-0.39, 0.29) is 0 Å². The third-order valence-corrected chi connectivity index (χ3v) is 3.06. The summed E-state index contributed by atoms with van der Waals surface area (Å²) >= 11 is 1.99. The van der Waals surface area contributed by atoms with Crippen LogP contribution in [0.1, 0.15) is 26.7 Å². The number of hydrogen-bond donors (Lipinski definition) is 0. The third-order valence-electron chi connectivity index (χ3n) is 1.75. The van der Waals surface area contributed by atoms with Crippen LogP contribution in [0, 0.1) is 0 Å². The van der Waals surface area contributed by atoms with Gasteiger partial charge in [-0.3, -0.25) is 0 Å². The van der Waals surface area contributed by atoms with Crippen LogP contribution >= 0.6 is 11.8 Å². The second-order valence-corrected chi connectivity index (χ2v) is 3.56. The first-order chi connectivity index (χ1) is 4.86. The van der Waals surface area contributed by atoms with E-state index in [1.54, 1.807) is 5.57 Å². The summed E-state index contributed by atoms with van der Waals surface area (Å²) in [5.41, 5.74) is 1.57. The smallest absolute Gasteiger partial charge is 0.0190 e. The van der Waals surface area contributed by atoms with Crippen molar-refractivity contribution >= 4 is 11.8 Å². The Labute approximate surface area is 67.4 Å². The van der Waals surface area contributed by atoms with Gasteiger partial charge in [0.2, 0.25) is 0 Å². The Hall–Kier alpha value is -0.170. The Morgan fingerprint density at radius 3 is 2.50 bits per heavy atom. The standard InChI is InChI=1S/C9H14S/c1-3-8-5-6-9(4-2)10-7-8/h5-6H,3-4,7H2,1-2H3. The number of hydrogen-bond acceptors (Lipinski definition) is 1. The van der Waals surface area contributed by atoms with Gasteiger partial charge in [0.1, 0.15) is 0 Å². The van der Waals surface area contributed by atoms with E-state index >= 15 is 0 Å². The molecule has 0 N–H and O–H groups in total. The fourth-order valence-electron chi connectivity index (χ4n) is 0.932. The van der Waals surface area contributed by atoms with Crippen LogP contribution in [0.3, 0.4) is 0 Å². The van der Waals surface area contributed by atoms with E-state index in [0.717, 1.165) is 0 Å². The van der Waals surface area contributed by atoms with Crippen molar-refractivity contribution < 1.29 is 0 Å². The van der Waals surface area contributed by atoms with Crippen LogP contribution in [-0.4, -0.2) is 5.75 Å². The molecule has 1 aliphatic rings. The molecule has 0 bridgehead atoms. The molecular formula is C9H14S. The Balaban J connectivity index is 2.55. The monoisotopic (exact) mass is 154 g/mol. The first-order valence-corrected chi connectivity index (χ1v) is 4.86. The second-order valence-electron chi connectivity index (χ2n) is 2.45. The fraction of sp³-hybridized carbons (Fsp3) is 0.556. The molecule has 0 fully saturated rings. The van der Waals surface area contributed by atoms with E-state index < -0.39 is 0 Å². The highest BCUT2D eigenvalue weighted by molar-refractivity contribution is 8.03. The highest BCUT2D eigenvalue weighted by Crippen LogP contribution is 2.27. The van der Waals surface area contributed by atoms with Crippen LogP contribution in [0.4, 0.5) is 0 Å². The Bertz CT molecular complexity index is 146. The molecule has 1 aliphatic heterocycles. The van der Waals surface area contributed by atoms with Crippen molar-refractivity contribution in [2.75, 3.05) is 5.75 Å². The summed E-state index contributed by atoms with van der Waals surface area (Å²) < 4.78 is 0. The molecule has 1 rings (SSSR count). The minimum atomic E-state index is 1.19. The summed E-state index contributed by atoms with van der Waals surface area (Å²) in [4.78, 5) is 1.53. The zero-order chi connectivity index (χ0) is 7.40. The lowest BCUT2D eigenvalue weighted by atomic mass is 10.2. The van der Waals surface area contributed by atoms with Gasteiger partial charge in [0, 0.05) is 5.75 Å². The maximum atomic E-state index is 2.27. The summed E-state index contributed by atoms with van der Waals surface area (Å²) in [5.74, 6) is 1.22. The summed E-state index contributed by atoms with van der Waals surface area (Å²) in [6.45, 7) is 4.43. The second kappa shape index (κ2) is 3.87. The average molecular weight is 154 g/mol. The van der Waals surface area contributed by atoms with Crippen LogP contribution in [0.2, 0.25) is 0 Å². The lowest BCUT2D eigenvalue weighted by Gasteiger charge is -2.10. The van der Waals surface area contributed by atoms with Crippen molar-refractivity contribution in [3.8, 4) is 0 Å². The van der Waals surface area contributed by atoms with Gasteiger partial charge in [-0.1, -0.05) is 31.6 Å². The number of allylic oxidation sites excluding steroid dienone is 3. The van der Waals surface area contributed by atoms with Gasteiger partial charge in [-0.15, -0.1) is 11.8 Å². The van der Waals surface area contributed by atoms with E-state index in [4.69, 9.17) is 0 Å². The van der Waals surface area contributed by atoms with Crippen LogP contribution in [-0.2, 0) is 0 Å². The maximum absolute atomic E-state index is 2.27. The van der Waals surface area contributed by atoms with Crippen molar-refractivity contribution in [2.45, 2.75) is 26.7 Å². The maximum Gasteiger partial charge on any atom is 0.0190 e. The molecule has 10 heavy (non-hydrogen) atoms. The van der Waals surface area contributed by atoms with Crippen LogP contribution in [0.25, 0.3) is 0 Å². The van der Waals surface area contributed by atoms with E-state index in [0.29, 0.717) is 0 Å². The molecule has 0 saturated carbocycles. The van der Waals surface area contributed by atoms with E-state index in [2.05, 4.69) is 26.0 Å². The SMILES string of the molecule is CCC1=CC=C(CC)SC1. The van der Waals surface area contributed by atoms with Crippen molar-refractivity contribution in [2.24, 2.45) is 0 Å². The molecule has 0 atom stereocenters. The van der Waals surface area contributed by atoms with Gasteiger partial charge < -0.3 is 0 Å². The molecule has 1 heteroatoms. The van der Waals surface area contributed by atoms with Gasteiger partial charge in [-0.25, -0.2) is 0 Å². The Morgan fingerprint density at radius 2 is 2.10 bits per heavy atom. The zero-order valence-corrected chi connectivity index (χ0v) is 7.50. The van der Waals surface area contributed by atoms with E-state index in [9.17, 15) is 0 Å². The van der Waals surface area contributed by atoms with Gasteiger partial charge in [0.05, 0.1) is 0 Å². The summed E-state index contributed by atoms with van der Waals surface area (Å²) in [6, 6.07) is 0. The molecule has 0 aromatic heterocycles. The van der Waals surface area contributed by atoms with E-state index in [1.165, 1.54) is 23.5 Å². The van der Waals surface area contributed by atoms with Gasteiger partial charge in [-0.05, 0) is 17.7 Å². The first-order valence-electron chi connectivity index (χ1n) is 3.88. The minimum Gasteiger partial charge on any atom is -0.126 e. The predicted octanol–water partition coefficient (Wildman–Crippen LogP) is 3.36. The van der Waals surface area contributed by atoms with Gasteiger partial charge in [0.25, 0.3) is 0 Å². The van der Waals surface area contributed by atoms with Crippen molar-refractivity contribution in [1.29, 1.82) is 0 Å². The molecule has 56 valence electrons. The topological polar surface area (TPSA) is 0 Å². The third kappa shape index (κ3) is 1.91. The molecule has 0 radical (unpaired) electrons. The molecule has 0 saturated heterocycles. The Kier molecular flexibility index (Phi) is 3.07. The van der Waals surface area contributed by atoms with E-state index in [1.807, 2.05) is 11.8 Å². The summed E-state index contributed by atoms with van der Waals surface area (Å²) in [7, 11) is 0. The molecule has 0 nitrogen and oxygen atoms in total. The summed E-state index contributed by atoms with van der Waals surface area (Å²) in [6.07, 6.45) is 6.93. The van der Waals surface area contributed by atoms with Gasteiger partial charge >= 0.3 is 0 Å². The molecule has 0 aliphatic carbocycles. The van der Waals surface area contributed by atoms with Crippen LogP contribution in [0.5, 0.6) is 0 Å². The lowest BCUT2D eigenvalue weighted by molar-refractivity contribution is 1.10. The molecule has 1 heterocycles. The predicted molar refractivity (Wildman–Crippen MR) is 49.2 cm³/mol. The number of thioether (sulfide) groups is 1. The molecular weight excluding hydrogens is 140 g/mol. The first kappa shape index (κ1) is 7.93.